The van der Waals surface area contributed by atoms with Gasteiger partial charge >= 0.3 is 0 Å². The van der Waals surface area contributed by atoms with Gasteiger partial charge in [0, 0.05) is 23.7 Å². The molecule has 18 heavy (non-hydrogen) atoms. The van der Waals surface area contributed by atoms with Crippen LogP contribution in [0.3, 0.4) is 0 Å². The maximum Gasteiger partial charge on any atom is 0.129 e. The number of hydrogen-bond donors (Lipinski definition) is 1. The highest BCUT2D eigenvalue weighted by Gasteiger charge is 2.09. The number of nitrogens with zero attached hydrogens (tertiary/aromatic N) is 2. The van der Waals surface area contributed by atoms with Crippen molar-refractivity contribution in [1.82, 2.24) is 9.97 Å². The fourth-order valence-electron chi connectivity index (χ4n) is 1.85. The molecule has 0 aliphatic heterocycles. The third kappa shape index (κ3) is 1.99. The quantitative estimate of drug-likeness (QED) is 0.729. The van der Waals surface area contributed by atoms with Gasteiger partial charge in [0.2, 0.25) is 0 Å². The molecule has 5 heteroatoms. The molecule has 90 valence electrons. The van der Waals surface area contributed by atoms with Gasteiger partial charge in [0.1, 0.15) is 5.15 Å². The van der Waals surface area contributed by atoms with E-state index in [-0.39, 0.29) is 0 Å². The van der Waals surface area contributed by atoms with Gasteiger partial charge in [0.05, 0.1) is 15.9 Å². The molecule has 3 aromatic heterocycles. The number of fused-ring (bicyclic) bond motifs is 1. The van der Waals surface area contributed by atoms with Crippen molar-refractivity contribution in [1.29, 1.82) is 0 Å². The van der Waals surface area contributed by atoms with Crippen molar-refractivity contribution in [3.05, 3.63) is 46.7 Å². The van der Waals surface area contributed by atoms with Crippen LogP contribution in [0.4, 0.5) is 0 Å². The Bertz CT molecular complexity index is 708. The molecule has 0 spiro atoms. The third-order valence-electron chi connectivity index (χ3n) is 2.72. The SMILES string of the molecule is NCc1cc(-c2csc3ccc(Cl)nc23)ccn1. The van der Waals surface area contributed by atoms with E-state index in [0.717, 1.165) is 27.0 Å². The Morgan fingerprint density at radius 1 is 1.28 bits per heavy atom. The van der Waals surface area contributed by atoms with Crippen molar-refractivity contribution in [2.24, 2.45) is 5.73 Å². The molecule has 3 aromatic rings. The summed E-state index contributed by atoms with van der Waals surface area (Å²) in [6.07, 6.45) is 1.77. The van der Waals surface area contributed by atoms with E-state index < -0.39 is 0 Å². The molecular formula is C13H10ClN3S. The van der Waals surface area contributed by atoms with Crippen LogP contribution in [0.1, 0.15) is 5.69 Å². The van der Waals surface area contributed by atoms with Crippen LogP contribution in [0, 0.1) is 0 Å². The van der Waals surface area contributed by atoms with E-state index in [0.29, 0.717) is 11.7 Å². The topological polar surface area (TPSA) is 51.8 Å². The van der Waals surface area contributed by atoms with Gasteiger partial charge in [0.25, 0.3) is 0 Å². The van der Waals surface area contributed by atoms with Crippen LogP contribution < -0.4 is 5.73 Å². The minimum absolute atomic E-state index is 0.435. The molecule has 0 aromatic carbocycles. The lowest BCUT2D eigenvalue weighted by atomic mass is 10.1. The average molecular weight is 276 g/mol. The van der Waals surface area contributed by atoms with E-state index in [9.17, 15) is 0 Å². The monoisotopic (exact) mass is 275 g/mol. The Balaban J connectivity index is 2.21. The summed E-state index contributed by atoms with van der Waals surface area (Å²) >= 11 is 7.61. The van der Waals surface area contributed by atoms with Gasteiger partial charge < -0.3 is 5.73 Å². The lowest BCUT2D eigenvalue weighted by Crippen LogP contribution is -1.98. The van der Waals surface area contributed by atoms with E-state index in [1.54, 1.807) is 17.5 Å². The summed E-state index contributed by atoms with van der Waals surface area (Å²) in [6.45, 7) is 0.435. The van der Waals surface area contributed by atoms with Gasteiger partial charge in [-0.25, -0.2) is 4.98 Å². The Kier molecular flexibility index (Phi) is 2.99. The second-order valence-corrected chi connectivity index (χ2v) is 5.17. The average Bonchev–Trinajstić information content (AvgIpc) is 2.81. The molecule has 0 saturated heterocycles. The van der Waals surface area contributed by atoms with Crippen LogP contribution >= 0.6 is 22.9 Å². The molecular weight excluding hydrogens is 266 g/mol. The van der Waals surface area contributed by atoms with Crippen LogP contribution in [0.2, 0.25) is 5.15 Å². The first kappa shape index (κ1) is 11.6. The molecule has 0 aliphatic rings. The standard InChI is InChI=1S/C13H10ClN3S/c14-12-2-1-11-13(17-12)10(7-18-11)8-3-4-16-9(5-8)6-15/h1-5,7H,6,15H2. The van der Waals surface area contributed by atoms with E-state index in [2.05, 4.69) is 15.3 Å². The number of halogens is 1. The zero-order valence-electron chi connectivity index (χ0n) is 9.43. The van der Waals surface area contributed by atoms with Crippen molar-refractivity contribution < 1.29 is 0 Å². The fraction of sp³-hybridized carbons (Fsp3) is 0.0769. The first-order valence-electron chi connectivity index (χ1n) is 5.47. The van der Waals surface area contributed by atoms with Gasteiger partial charge in [-0.2, -0.15) is 0 Å². The summed E-state index contributed by atoms with van der Waals surface area (Å²) in [6, 6.07) is 7.75. The summed E-state index contributed by atoms with van der Waals surface area (Å²) in [5.74, 6) is 0. The Labute approximate surface area is 113 Å². The van der Waals surface area contributed by atoms with Gasteiger partial charge in [-0.1, -0.05) is 11.6 Å². The predicted molar refractivity (Wildman–Crippen MR) is 75.8 cm³/mol. The predicted octanol–water partition coefficient (Wildman–Crippen LogP) is 3.47. The lowest BCUT2D eigenvalue weighted by molar-refractivity contribution is 0.992. The molecule has 0 fully saturated rings. The highest BCUT2D eigenvalue weighted by atomic mass is 35.5. The first-order chi connectivity index (χ1) is 8.78. The van der Waals surface area contributed by atoms with Crippen LogP contribution in [-0.4, -0.2) is 9.97 Å². The minimum Gasteiger partial charge on any atom is -0.325 e. The molecule has 3 nitrogen and oxygen atoms in total. The second-order valence-electron chi connectivity index (χ2n) is 3.87. The minimum atomic E-state index is 0.435. The number of hydrogen-bond acceptors (Lipinski definition) is 4. The first-order valence-corrected chi connectivity index (χ1v) is 6.73. The summed E-state index contributed by atoms with van der Waals surface area (Å²) < 4.78 is 1.13. The largest absolute Gasteiger partial charge is 0.325 e. The highest BCUT2D eigenvalue weighted by molar-refractivity contribution is 7.17. The molecule has 3 rings (SSSR count). The normalized spacial score (nSPS) is 11.0. The number of pyridine rings is 2. The van der Waals surface area contributed by atoms with Gasteiger partial charge in [-0.3, -0.25) is 4.98 Å². The maximum atomic E-state index is 5.95. The number of thiophene rings is 1. The van der Waals surface area contributed by atoms with E-state index >= 15 is 0 Å². The molecule has 2 N–H and O–H groups in total. The van der Waals surface area contributed by atoms with Crippen molar-refractivity contribution in [2.75, 3.05) is 0 Å². The van der Waals surface area contributed by atoms with E-state index in [1.807, 2.05) is 24.3 Å². The van der Waals surface area contributed by atoms with E-state index in [1.165, 1.54) is 0 Å². The smallest absolute Gasteiger partial charge is 0.129 e. The summed E-state index contributed by atoms with van der Waals surface area (Å²) in [4.78, 5) is 8.59. The van der Waals surface area contributed by atoms with Crippen molar-refractivity contribution in [2.45, 2.75) is 6.54 Å². The molecule has 0 amide bonds. The lowest BCUT2D eigenvalue weighted by Gasteiger charge is -2.02. The Morgan fingerprint density at radius 2 is 2.17 bits per heavy atom. The Morgan fingerprint density at radius 3 is 3.00 bits per heavy atom. The Hall–Kier alpha value is -1.49. The molecule has 0 bridgehead atoms. The molecule has 0 unspecified atom stereocenters. The zero-order valence-corrected chi connectivity index (χ0v) is 11.0. The molecule has 0 atom stereocenters. The van der Waals surface area contributed by atoms with Crippen molar-refractivity contribution >= 4 is 33.2 Å². The second kappa shape index (κ2) is 4.65. The van der Waals surface area contributed by atoms with Crippen LogP contribution in [0.15, 0.2) is 35.8 Å². The highest BCUT2D eigenvalue weighted by Crippen LogP contribution is 2.33. The van der Waals surface area contributed by atoms with Crippen LogP contribution in [0.5, 0.6) is 0 Å². The van der Waals surface area contributed by atoms with Gasteiger partial charge in [-0.05, 0) is 29.8 Å². The van der Waals surface area contributed by atoms with Crippen LogP contribution in [0.25, 0.3) is 21.3 Å². The maximum absolute atomic E-state index is 5.95. The molecule has 0 radical (unpaired) electrons. The number of rotatable bonds is 2. The van der Waals surface area contributed by atoms with Crippen molar-refractivity contribution in [3.63, 3.8) is 0 Å². The fourth-order valence-corrected chi connectivity index (χ4v) is 2.90. The summed E-state index contributed by atoms with van der Waals surface area (Å²) in [5, 5.41) is 2.60. The van der Waals surface area contributed by atoms with Gasteiger partial charge in [-0.15, -0.1) is 11.3 Å². The van der Waals surface area contributed by atoms with Gasteiger partial charge in [0.15, 0.2) is 0 Å². The van der Waals surface area contributed by atoms with E-state index in [4.69, 9.17) is 17.3 Å². The zero-order chi connectivity index (χ0) is 12.5. The molecule has 0 aliphatic carbocycles. The van der Waals surface area contributed by atoms with Crippen LogP contribution in [-0.2, 0) is 6.54 Å². The molecule has 3 heterocycles. The number of aromatic nitrogens is 2. The third-order valence-corrected chi connectivity index (χ3v) is 3.87. The molecule has 0 saturated carbocycles. The number of nitrogens with two attached hydrogens (primary N) is 1. The van der Waals surface area contributed by atoms with Crippen molar-refractivity contribution in [3.8, 4) is 11.1 Å². The summed E-state index contributed by atoms with van der Waals surface area (Å²) in [5.41, 5.74) is 9.57. The summed E-state index contributed by atoms with van der Waals surface area (Å²) in [7, 11) is 0.